The Morgan fingerprint density at radius 1 is 1.12 bits per heavy atom. The van der Waals surface area contributed by atoms with Gasteiger partial charge in [0.25, 0.3) is 0 Å². The highest BCUT2D eigenvalue weighted by Gasteiger charge is 2.21. The second-order valence-electron chi connectivity index (χ2n) is 7.08. The quantitative estimate of drug-likeness (QED) is 0.602. The summed E-state index contributed by atoms with van der Waals surface area (Å²) >= 11 is 0. The molecule has 6 heteroatoms. The Hall–Kier alpha value is -2.24. The van der Waals surface area contributed by atoms with Crippen LogP contribution in [0.5, 0.6) is 0 Å². The van der Waals surface area contributed by atoms with Gasteiger partial charge < -0.3 is 20.4 Å². The lowest BCUT2D eigenvalue weighted by Gasteiger charge is -2.36. The van der Waals surface area contributed by atoms with Gasteiger partial charge in [-0.05, 0) is 31.9 Å². The molecule has 1 saturated heterocycles. The number of benzene rings is 1. The molecule has 1 aliphatic rings. The van der Waals surface area contributed by atoms with E-state index in [-0.39, 0.29) is 12.5 Å². The van der Waals surface area contributed by atoms with Gasteiger partial charge in [-0.1, -0.05) is 32.0 Å². The molecule has 6 nitrogen and oxygen atoms in total. The number of hydrogen-bond acceptors (Lipinski definition) is 3. The van der Waals surface area contributed by atoms with Crippen LogP contribution in [0.4, 0.5) is 5.69 Å². The molecule has 1 aliphatic heterocycles. The first-order valence-electron chi connectivity index (χ1n) is 9.64. The van der Waals surface area contributed by atoms with Crippen LogP contribution in [0.1, 0.15) is 27.7 Å². The van der Waals surface area contributed by atoms with Crippen molar-refractivity contribution in [2.75, 3.05) is 44.2 Å². The van der Waals surface area contributed by atoms with Crippen molar-refractivity contribution in [3.63, 3.8) is 0 Å². The van der Waals surface area contributed by atoms with Crippen molar-refractivity contribution in [2.45, 2.75) is 33.7 Å². The predicted octanol–water partition coefficient (Wildman–Crippen LogP) is 1.93. The summed E-state index contributed by atoms with van der Waals surface area (Å²) in [5, 5.41) is 6.58. The third-order valence-electron chi connectivity index (χ3n) is 4.83. The molecule has 0 saturated carbocycles. The zero-order valence-corrected chi connectivity index (χ0v) is 16.5. The zero-order valence-electron chi connectivity index (χ0n) is 16.5. The molecule has 1 unspecified atom stereocenters. The molecule has 1 aromatic carbocycles. The summed E-state index contributed by atoms with van der Waals surface area (Å²) in [6, 6.07) is 10.7. The minimum Gasteiger partial charge on any atom is -0.368 e. The number of amides is 1. The van der Waals surface area contributed by atoms with E-state index >= 15 is 0 Å². The van der Waals surface area contributed by atoms with Crippen LogP contribution in [0.2, 0.25) is 0 Å². The first-order chi connectivity index (χ1) is 12.5. The second-order valence-corrected chi connectivity index (χ2v) is 7.08. The summed E-state index contributed by atoms with van der Waals surface area (Å²) < 4.78 is 0. The Morgan fingerprint density at radius 3 is 2.35 bits per heavy atom. The molecule has 1 atom stereocenters. The molecule has 1 aromatic rings. The normalized spacial score (nSPS) is 16.6. The number of rotatable bonds is 6. The summed E-state index contributed by atoms with van der Waals surface area (Å²) in [5.74, 6) is 1.30. The van der Waals surface area contributed by atoms with Crippen molar-refractivity contribution in [2.24, 2.45) is 10.9 Å². The van der Waals surface area contributed by atoms with Gasteiger partial charge in [-0.2, -0.15) is 0 Å². The maximum absolute atomic E-state index is 12.5. The molecule has 2 rings (SSSR count). The largest absolute Gasteiger partial charge is 0.368 e. The molecular weight excluding hydrogens is 326 g/mol. The number of carbonyl (C=O) groups excluding carboxylic acids is 1. The van der Waals surface area contributed by atoms with Gasteiger partial charge in [0.2, 0.25) is 5.91 Å². The van der Waals surface area contributed by atoms with Crippen LogP contribution in [0, 0.1) is 5.92 Å². The number of hydrogen-bond donors (Lipinski definition) is 2. The molecular formula is C20H33N5O. The van der Waals surface area contributed by atoms with Gasteiger partial charge in [-0.3, -0.25) is 4.79 Å². The van der Waals surface area contributed by atoms with Gasteiger partial charge in [0.1, 0.15) is 6.54 Å². The van der Waals surface area contributed by atoms with Crippen molar-refractivity contribution in [1.82, 2.24) is 15.5 Å². The first kappa shape index (κ1) is 20.1. The maximum atomic E-state index is 12.5. The third-order valence-corrected chi connectivity index (χ3v) is 4.83. The summed E-state index contributed by atoms with van der Waals surface area (Å²) in [5.41, 5.74) is 1.22. The van der Waals surface area contributed by atoms with Crippen LogP contribution < -0.4 is 15.5 Å². The van der Waals surface area contributed by atoms with Crippen molar-refractivity contribution < 1.29 is 4.79 Å². The number of nitrogens with one attached hydrogen (secondary N) is 2. The number of piperazine rings is 1. The van der Waals surface area contributed by atoms with Crippen LogP contribution >= 0.6 is 0 Å². The summed E-state index contributed by atoms with van der Waals surface area (Å²) in [7, 11) is 0. The van der Waals surface area contributed by atoms with Gasteiger partial charge in [-0.15, -0.1) is 0 Å². The molecule has 1 amide bonds. The minimum absolute atomic E-state index is 0.0899. The average molecular weight is 360 g/mol. The standard InChI is InChI=1S/C20H33N5O/c1-5-21-20(23-17(4)16(2)3)22-15-19(26)25-13-11-24(12-14-25)18-9-7-6-8-10-18/h6-10,16-17H,5,11-15H2,1-4H3,(H2,21,22,23). The molecule has 0 bridgehead atoms. The molecule has 1 heterocycles. The van der Waals surface area contributed by atoms with Crippen molar-refractivity contribution in [3.05, 3.63) is 30.3 Å². The van der Waals surface area contributed by atoms with E-state index in [0.29, 0.717) is 17.9 Å². The van der Waals surface area contributed by atoms with Crippen LogP contribution in [0.15, 0.2) is 35.3 Å². The van der Waals surface area contributed by atoms with Crippen molar-refractivity contribution >= 4 is 17.6 Å². The van der Waals surface area contributed by atoms with Gasteiger partial charge >= 0.3 is 0 Å². The highest BCUT2D eigenvalue weighted by atomic mass is 16.2. The zero-order chi connectivity index (χ0) is 18.9. The van der Waals surface area contributed by atoms with Gasteiger partial charge in [0.15, 0.2) is 5.96 Å². The number of aliphatic imine (C=N–C) groups is 1. The summed E-state index contributed by atoms with van der Waals surface area (Å²) in [6.07, 6.45) is 0. The average Bonchev–Trinajstić information content (AvgIpc) is 2.66. The van der Waals surface area contributed by atoms with E-state index in [9.17, 15) is 4.79 Å². The predicted molar refractivity (Wildman–Crippen MR) is 109 cm³/mol. The van der Waals surface area contributed by atoms with Gasteiger partial charge in [0, 0.05) is 44.5 Å². The van der Waals surface area contributed by atoms with Crippen LogP contribution in [0.25, 0.3) is 0 Å². The Bertz CT molecular complexity index is 579. The molecule has 26 heavy (non-hydrogen) atoms. The van der Waals surface area contributed by atoms with E-state index in [4.69, 9.17) is 0 Å². The molecule has 0 radical (unpaired) electrons. The number of para-hydroxylation sites is 1. The Morgan fingerprint density at radius 2 is 1.77 bits per heavy atom. The minimum atomic E-state index is 0.0899. The maximum Gasteiger partial charge on any atom is 0.244 e. The van der Waals surface area contributed by atoms with E-state index < -0.39 is 0 Å². The fraction of sp³-hybridized carbons (Fsp3) is 0.600. The van der Waals surface area contributed by atoms with Crippen LogP contribution in [-0.4, -0.2) is 62.1 Å². The number of anilines is 1. The van der Waals surface area contributed by atoms with E-state index in [0.717, 1.165) is 32.7 Å². The molecule has 0 spiro atoms. The van der Waals surface area contributed by atoms with Gasteiger partial charge in [-0.25, -0.2) is 4.99 Å². The van der Waals surface area contributed by atoms with Crippen molar-refractivity contribution in [1.29, 1.82) is 0 Å². The molecule has 2 N–H and O–H groups in total. The Kier molecular flexibility index (Phi) is 7.75. The Labute approximate surface area is 157 Å². The van der Waals surface area contributed by atoms with Crippen LogP contribution in [-0.2, 0) is 4.79 Å². The third kappa shape index (κ3) is 5.93. The monoisotopic (exact) mass is 359 g/mol. The van der Waals surface area contributed by atoms with E-state index in [1.54, 1.807) is 0 Å². The number of guanidine groups is 1. The number of carbonyl (C=O) groups is 1. The lowest BCUT2D eigenvalue weighted by Crippen LogP contribution is -2.50. The fourth-order valence-electron chi connectivity index (χ4n) is 2.80. The highest BCUT2D eigenvalue weighted by Crippen LogP contribution is 2.15. The highest BCUT2D eigenvalue weighted by molar-refractivity contribution is 5.85. The van der Waals surface area contributed by atoms with E-state index in [1.807, 2.05) is 17.9 Å². The molecule has 144 valence electrons. The lowest BCUT2D eigenvalue weighted by atomic mass is 10.1. The number of nitrogens with zero attached hydrogens (tertiary/aromatic N) is 3. The molecule has 0 aliphatic carbocycles. The molecule has 0 aromatic heterocycles. The second kappa shape index (κ2) is 10.0. The lowest BCUT2D eigenvalue weighted by molar-refractivity contribution is -0.129. The molecule has 1 fully saturated rings. The van der Waals surface area contributed by atoms with E-state index in [2.05, 4.69) is 65.6 Å². The fourth-order valence-corrected chi connectivity index (χ4v) is 2.80. The smallest absolute Gasteiger partial charge is 0.244 e. The van der Waals surface area contributed by atoms with Crippen LogP contribution in [0.3, 0.4) is 0 Å². The Balaban J connectivity index is 1.85. The summed E-state index contributed by atoms with van der Waals surface area (Å²) in [6.45, 7) is 12.7. The van der Waals surface area contributed by atoms with Gasteiger partial charge in [0.05, 0.1) is 0 Å². The van der Waals surface area contributed by atoms with Crippen molar-refractivity contribution in [3.8, 4) is 0 Å². The summed E-state index contributed by atoms with van der Waals surface area (Å²) in [4.78, 5) is 21.2. The topological polar surface area (TPSA) is 60.0 Å². The first-order valence-corrected chi connectivity index (χ1v) is 9.64. The van der Waals surface area contributed by atoms with E-state index in [1.165, 1.54) is 5.69 Å². The SMILES string of the molecule is CCNC(=NCC(=O)N1CCN(c2ccccc2)CC1)NC(C)C(C)C.